The first-order valence-electron chi connectivity index (χ1n) is 9.13. The first-order valence-corrected chi connectivity index (χ1v) is 9.51. The Hall–Kier alpha value is -1.30. The summed E-state index contributed by atoms with van der Waals surface area (Å²) in [5.74, 6) is 0.216. The third-order valence-electron chi connectivity index (χ3n) is 5.14. The molecular formula is C19H28ClN3O2. The molecule has 1 aromatic rings. The summed E-state index contributed by atoms with van der Waals surface area (Å²) in [5, 5.41) is 0.788. The summed E-state index contributed by atoms with van der Waals surface area (Å²) in [5.41, 5.74) is 1.08. The van der Waals surface area contributed by atoms with Crippen molar-refractivity contribution in [1.82, 2.24) is 9.80 Å². The summed E-state index contributed by atoms with van der Waals surface area (Å²) in [4.78, 5) is 19.4. The van der Waals surface area contributed by atoms with Gasteiger partial charge in [-0.1, -0.05) is 23.7 Å². The van der Waals surface area contributed by atoms with Gasteiger partial charge in [0.15, 0.2) is 0 Å². The van der Waals surface area contributed by atoms with Crippen LogP contribution in [0.15, 0.2) is 24.3 Å². The number of carbonyl (C=O) groups excluding carboxylic acids is 1. The van der Waals surface area contributed by atoms with Crippen molar-refractivity contribution >= 4 is 23.2 Å². The van der Waals surface area contributed by atoms with E-state index in [1.807, 2.05) is 43.9 Å². The van der Waals surface area contributed by atoms with Crippen LogP contribution in [-0.4, -0.2) is 73.2 Å². The second-order valence-electron chi connectivity index (χ2n) is 7.15. The van der Waals surface area contributed by atoms with Crippen molar-refractivity contribution in [3.8, 4) is 0 Å². The Kier molecular flexibility index (Phi) is 5.87. The Labute approximate surface area is 155 Å². The Balaban J connectivity index is 1.57. The van der Waals surface area contributed by atoms with Gasteiger partial charge in [-0.2, -0.15) is 0 Å². The first-order chi connectivity index (χ1) is 12.0. The predicted octanol–water partition coefficient (Wildman–Crippen LogP) is 2.49. The van der Waals surface area contributed by atoms with E-state index in [1.165, 1.54) is 0 Å². The molecule has 1 amide bonds. The Bertz CT molecular complexity index is 594. The Morgan fingerprint density at radius 1 is 1.12 bits per heavy atom. The maximum Gasteiger partial charge on any atom is 0.239 e. The third kappa shape index (κ3) is 4.27. The normalized spacial score (nSPS) is 26.6. The molecule has 2 fully saturated rings. The number of nitrogens with zero attached hydrogens (tertiary/aromatic N) is 3. The molecule has 138 valence electrons. The van der Waals surface area contributed by atoms with Gasteiger partial charge >= 0.3 is 0 Å². The van der Waals surface area contributed by atoms with Crippen molar-refractivity contribution in [2.24, 2.45) is 0 Å². The van der Waals surface area contributed by atoms with Crippen LogP contribution in [0.25, 0.3) is 0 Å². The number of morpholine rings is 1. The van der Waals surface area contributed by atoms with E-state index in [-0.39, 0.29) is 24.2 Å². The van der Waals surface area contributed by atoms with Crippen LogP contribution in [0.2, 0.25) is 5.02 Å². The second kappa shape index (κ2) is 7.94. The molecule has 2 aliphatic heterocycles. The minimum absolute atomic E-state index is 0.0918. The quantitative estimate of drug-likeness (QED) is 0.824. The van der Waals surface area contributed by atoms with Crippen LogP contribution < -0.4 is 4.90 Å². The topological polar surface area (TPSA) is 36.0 Å². The molecule has 3 atom stereocenters. The zero-order chi connectivity index (χ0) is 18.0. The number of amides is 1. The van der Waals surface area contributed by atoms with E-state index in [1.54, 1.807) is 0 Å². The van der Waals surface area contributed by atoms with Crippen molar-refractivity contribution in [3.05, 3.63) is 29.3 Å². The number of hydrogen-bond acceptors (Lipinski definition) is 4. The van der Waals surface area contributed by atoms with Gasteiger partial charge in [-0.25, -0.2) is 0 Å². The zero-order valence-electron chi connectivity index (χ0n) is 15.3. The number of anilines is 1. The minimum atomic E-state index is -0.0918. The van der Waals surface area contributed by atoms with E-state index in [4.69, 9.17) is 16.3 Å². The molecule has 0 unspecified atom stereocenters. The number of benzene rings is 1. The van der Waals surface area contributed by atoms with Crippen molar-refractivity contribution in [3.63, 3.8) is 0 Å². The van der Waals surface area contributed by atoms with Crippen LogP contribution >= 0.6 is 11.6 Å². The molecule has 0 aromatic heterocycles. The van der Waals surface area contributed by atoms with Crippen LogP contribution in [0.5, 0.6) is 0 Å². The highest BCUT2D eigenvalue weighted by Gasteiger charge is 2.32. The summed E-state index contributed by atoms with van der Waals surface area (Å²) in [6.07, 6.45) is 0.217. The average molecular weight is 366 g/mol. The lowest BCUT2D eigenvalue weighted by Crippen LogP contribution is -2.57. The molecular weight excluding hydrogens is 338 g/mol. The maximum absolute atomic E-state index is 12.9. The fourth-order valence-electron chi connectivity index (χ4n) is 3.84. The molecule has 0 spiro atoms. The highest BCUT2D eigenvalue weighted by atomic mass is 35.5. The van der Waals surface area contributed by atoms with Gasteiger partial charge in [0.1, 0.15) is 0 Å². The van der Waals surface area contributed by atoms with E-state index in [2.05, 4.69) is 15.9 Å². The van der Waals surface area contributed by atoms with E-state index < -0.39 is 0 Å². The number of halogens is 1. The number of ether oxygens (including phenoxy) is 1. The lowest BCUT2D eigenvalue weighted by molar-refractivity contribution is -0.148. The van der Waals surface area contributed by atoms with Crippen LogP contribution in [0.1, 0.15) is 20.8 Å². The van der Waals surface area contributed by atoms with E-state index in [0.717, 1.165) is 36.9 Å². The van der Waals surface area contributed by atoms with Gasteiger partial charge in [0, 0.05) is 39.3 Å². The fraction of sp³-hybridized carbons (Fsp3) is 0.632. The zero-order valence-corrected chi connectivity index (χ0v) is 16.1. The third-order valence-corrected chi connectivity index (χ3v) is 5.46. The molecule has 6 heteroatoms. The van der Waals surface area contributed by atoms with Gasteiger partial charge in [0.25, 0.3) is 0 Å². The molecule has 0 aliphatic carbocycles. The van der Waals surface area contributed by atoms with E-state index in [0.29, 0.717) is 13.1 Å². The highest BCUT2D eigenvalue weighted by Crippen LogP contribution is 2.26. The fourth-order valence-corrected chi connectivity index (χ4v) is 4.09. The maximum atomic E-state index is 12.9. The molecule has 3 rings (SSSR count). The molecule has 0 radical (unpaired) electrons. The molecule has 5 nitrogen and oxygen atoms in total. The summed E-state index contributed by atoms with van der Waals surface area (Å²) in [6.45, 7) is 11.0. The smallest absolute Gasteiger partial charge is 0.239 e. The molecule has 2 saturated heterocycles. The van der Waals surface area contributed by atoms with Crippen LogP contribution in [0, 0.1) is 0 Å². The van der Waals surface area contributed by atoms with Crippen LogP contribution in [-0.2, 0) is 9.53 Å². The van der Waals surface area contributed by atoms with E-state index >= 15 is 0 Å². The molecule has 0 saturated carbocycles. The Morgan fingerprint density at radius 3 is 2.32 bits per heavy atom. The van der Waals surface area contributed by atoms with Gasteiger partial charge in [-0.05, 0) is 32.9 Å². The lowest BCUT2D eigenvalue weighted by atomic mass is 10.1. The largest absolute Gasteiger partial charge is 0.372 e. The number of carbonyl (C=O) groups is 1. The summed E-state index contributed by atoms with van der Waals surface area (Å²) in [7, 11) is 0. The molecule has 0 N–H and O–H groups in total. The van der Waals surface area contributed by atoms with Gasteiger partial charge < -0.3 is 14.5 Å². The first kappa shape index (κ1) is 18.5. The second-order valence-corrected chi connectivity index (χ2v) is 7.56. The number of rotatable bonds is 3. The standard InChI is InChI=1S/C19H28ClN3O2/c1-14-12-23(13-15(2)25-14)19(24)16(3)21-8-10-22(11-9-21)18-7-5-4-6-17(18)20/h4-7,14-16H,8-13H2,1-3H3/t14-,15-,16+/m0/s1. The SMILES string of the molecule is C[C@H](C(=O)N1C[C@H](C)O[C@@H](C)C1)N1CCN(c2ccccc2Cl)CC1. The minimum Gasteiger partial charge on any atom is -0.372 e. The van der Waals surface area contributed by atoms with Crippen molar-refractivity contribution in [1.29, 1.82) is 0 Å². The van der Waals surface area contributed by atoms with Gasteiger partial charge in [-0.3, -0.25) is 9.69 Å². The van der Waals surface area contributed by atoms with Crippen LogP contribution in [0.3, 0.4) is 0 Å². The molecule has 2 aliphatic rings. The molecule has 25 heavy (non-hydrogen) atoms. The number of para-hydroxylation sites is 1. The van der Waals surface area contributed by atoms with Crippen molar-refractivity contribution < 1.29 is 9.53 Å². The van der Waals surface area contributed by atoms with Gasteiger partial charge in [-0.15, -0.1) is 0 Å². The summed E-state index contributed by atoms with van der Waals surface area (Å²) >= 11 is 6.31. The van der Waals surface area contributed by atoms with Gasteiger partial charge in [0.05, 0.1) is 29.0 Å². The summed E-state index contributed by atoms with van der Waals surface area (Å²) < 4.78 is 5.74. The molecule has 1 aromatic carbocycles. The highest BCUT2D eigenvalue weighted by molar-refractivity contribution is 6.33. The monoisotopic (exact) mass is 365 g/mol. The van der Waals surface area contributed by atoms with Crippen LogP contribution in [0.4, 0.5) is 5.69 Å². The van der Waals surface area contributed by atoms with Gasteiger partial charge in [0.2, 0.25) is 5.91 Å². The Morgan fingerprint density at radius 2 is 1.72 bits per heavy atom. The summed E-state index contributed by atoms with van der Waals surface area (Å²) in [6, 6.07) is 7.86. The van der Waals surface area contributed by atoms with Crippen molar-refractivity contribution in [2.75, 3.05) is 44.2 Å². The number of piperazine rings is 1. The van der Waals surface area contributed by atoms with E-state index in [9.17, 15) is 4.79 Å². The number of hydrogen-bond donors (Lipinski definition) is 0. The van der Waals surface area contributed by atoms with Crippen molar-refractivity contribution in [2.45, 2.75) is 39.0 Å². The molecule has 0 bridgehead atoms. The lowest BCUT2D eigenvalue weighted by Gasteiger charge is -2.42. The average Bonchev–Trinajstić information content (AvgIpc) is 2.60. The predicted molar refractivity (Wildman–Crippen MR) is 101 cm³/mol. The molecule has 2 heterocycles.